The lowest BCUT2D eigenvalue weighted by Gasteiger charge is -2.19. The second-order valence-electron chi connectivity index (χ2n) is 7.77. The van der Waals surface area contributed by atoms with E-state index < -0.39 is 4.92 Å². The van der Waals surface area contributed by atoms with Crippen LogP contribution in [-0.2, 0) is 16.0 Å². The Morgan fingerprint density at radius 3 is 2.40 bits per heavy atom. The second-order valence-corrected chi connectivity index (χ2v) is 7.77. The molecule has 7 nitrogen and oxygen atoms in total. The lowest BCUT2D eigenvalue weighted by Crippen LogP contribution is -2.30. The molecule has 2 aliphatic rings. The summed E-state index contributed by atoms with van der Waals surface area (Å²) < 4.78 is 13.3. The first-order chi connectivity index (χ1) is 14.5. The van der Waals surface area contributed by atoms with Crippen LogP contribution in [0.25, 0.3) is 0 Å². The molecule has 0 unspecified atom stereocenters. The molecular formula is C22H22FN3O4. The number of nitrogens with one attached hydrogen (secondary N) is 1. The second kappa shape index (κ2) is 8.22. The van der Waals surface area contributed by atoms with Crippen LogP contribution in [0.15, 0.2) is 42.5 Å². The number of nitrogens with zero attached hydrogens (tertiary/aromatic N) is 2. The highest BCUT2D eigenvalue weighted by molar-refractivity contribution is 6.22. The molecule has 0 aromatic heterocycles. The third-order valence-corrected chi connectivity index (χ3v) is 5.90. The Bertz CT molecular complexity index is 986. The van der Waals surface area contributed by atoms with Crippen LogP contribution in [0.1, 0.15) is 31.2 Å². The average molecular weight is 411 g/mol. The Morgan fingerprint density at radius 2 is 1.77 bits per heavy atom. The van der Waals surface area contributed by atoms with Crippen LogP contribution in [0.3, 0.4) is 0 Å². The quantitative estimate of drug-likeness (QED) is 0.439. The fourth-order valence-electron chi connectivity index (χ4n) is 4.41. The van der Waals surface area contributed by atoms with E-state index in [1.54, 1.807) is 18.2 Å². The van der Waals surface area contributed by atoms with Crippen LogP contribution < -0.4 is 10.2 Å². The molecule has 2 atom stereocenters. The number of carbonyl (C=O) groups is 2. The number of carbonyl (C=O) groups excluding carboxylic acids is 2. The minimum absolute atomic E-state index is 0.206. The van der Waals surface area contributed by atoms with Crippen molar-refractivity contribution in [2.45, 2.75) is 32.1 Å². The molecule has 4 rings (SSSR count). The molecule has 1 saturated heterocycles. The fraction of sp³-hybridized carbons (Fsp3) is 0.364. The molecule has 1 heterocycles. The van der Waals surface area contributed by atoms with E-state index in [1.165, 1.54) is 24.3 Å². The van der Waals surface area contributed by atoms with E-state index in [2.05, 4.69) is 5.32 Å². The van der Waals surface area contributed by atoms with Crippen molar-refractivity contribution < 1.29 is 18.9 Å². The van der Waals surface area contributed by atoms with Crippen molar-refractivity contribution in [3.05, 3.63) is 64.0 Å². The van der Waals surface area contributed by atoms with E-state index in [0.29, 0.717) is 25.8 Å². The molecule has 8 heteroatoms. The summed E-state index contributed by atoms with van der Waals surface area (Å²) in [4.78, 5) is 37.7. The van der Waals surface area contributed by atoms with Gasteiger partial charge < -0.3 is 5.32 Å². The van der Waals surface area contributed by atoms with Gasteiger partial charge in [-0.05, 0) is 49.1 Å². The number of anilines is 2. The van der Waals surface area contributed by atoms with E-state index in [9.17, 15) is 24.1 Å². The van der Waals surface area contributed by atoms with Crippen LogP contribution in [0.5, 0.6) is 0 Å². The van der Waals surface area contributed by atoms with Crippen molar-refractivity contribution in [3.63, 3.8) is 0 Å². The molecule has 2 fully saturated rings. The zero-order chi connectivity index (χ0) is 21.3. The highest BCUT2D eigenvalue weighted by Crippen LogP contribution is 2.41. The smallest absolute Gasteiger partial charge is 0.294 e. The number of rotatable bonds is 6. The molecule has 0 radical (unpaired) electrons. The van der Waals surface area contributed by atoms with Gasteiger partial charge in [-0.25, -0.2) is 9.29 Å². The average Bonchev–Trinajstić information content (AvgIpc) is 2.99. The van der Waals surface area contributed by atoms with Gasteiger partial charge in [-0.1, -0.05) is 25.0 Å². The predicted octanol–water partition coefficient (Wildman–Crippen LogP) is 4.07. The monoisotopic (exact) mass is 411 g/mol. The highest BCUT2D eigenvalue weighted by atomic mass is 19.1. The van der Waals surface area contributed by atoms with Crippen molar-refractivity contribution in [3.8, 4) is 0 Å². The number of amides is 2. The summed E-state index contributed by atoms with van der Waals surface area (Å²) >= 11 is 0. The largest absolute Gasteiger partial charge is 0.379 e. The first kappa shape index (κ1) is 20.0. The summed E-state index contributed by atoms with van der Waals surface area (Å²) in [5, 5.41) is 14.6. The molecule has 156 valence electrons. The van der Waals surface area contributed by atoms with E-state index in [0.717, 1.165) is 23.3 Å². The molecular weight excluding hydrogens is 389 g/mol. The maximum absolute atomic E-state index is 13.3. The maximum Gasteiger partial charge on any atom is 0.294 e. The summed E-state index contributed by atoms with van der Waals surface area (Å²) in [5.41, 5.74) is 1.10. The zero-order valence-electron chi connectivity index (χ0n) is 16.3. The number of hydrogen-bond donors (Lipinski definition) is 1. The normalized spacial score (nSPS) is 20.9. The fourth-order valence-corrected chi connectivity index (χ4v) is 4.41. The minimum atomic E-state index is -0.536. The Kier molecular flexibility index (Phi) is 5.48. The van der Waals surface area contributed by atoms with Gasteiger partial charge in [-0.15, -0.1) is 0 Å². The van der Waals surface area contributed by atoms with Gasteiger partial charge in [0.2, 0.25) is 11.8 Å². The number of imide groups is 1. The first-order valence-corrected chi connectivity index (χ1v) is 10.1. The lowest BCUT2D eigenvalue weighted by atomic mass is 9.81. The maximum atomic E-state index is 13.3. The zero-order valence-corrected chi connectivity index (χ0v) is 16.3. The molecule has 30 heavy (non-hydrogen) atoms. The molecule has 2 aromatic carbocycles. The van der Waals surface area contributed by atoms with E-state index >= 15 is 0 Å². The molecule has 0 spiro atoms. The lowest BCUT2D eigenvalue weighted by molar-refractivity contribution is -0.383. The van der Waals surface area contributed by atoms with Crippen molar-refractivity contribution in [1.29, 1.82) is 0 Å². The molecule has 1 saturated carbocycles. The Balaban J connectivity index is 1.52. The van der Waals surface area contributed by atoms with Gasteiger partial charge in [-0.3, -0.25) is 19.7 Å². The summed E-state index contributed by atoms with van der Waals surface area (Å²) in [5.74, 6) is -1.47. The van der Waals surface area contributed by atoms with Gasteiger partial charge in [-0.2, -0.15) is 0 Å². The first-order valence-electron chi connectivity index (χ1n) is 10.1. The summed E-state index contributed by atoms with van der Waals surface area (Å²) in [7, 11) is 0. The summed E-state index contributed by atoms with van der Waals surface area (Å²) in [6.07, 6.45) is 3.70. The van der Waals surface area contributed by atoms with E-state index in [1.807, 2.05) is 0 Å². The van der Waals surface area contributed by atoms with Gasteiger partial charge in [0.15, 0.2) is 0 Å². The third kappa shape index (κ3) is 3.77. The molecule has 1 aliphatic heterocycles. The Labute approximate surface area is 173 Å². The summed E-state index contributed by atoms with van der Waals surface area (Å²) in [6, 6.07) is 10.5. The van der Waals surface area contributed by atoms with Gasteiger partial charge >= 0.3 is 0 Å². The van der Waals surface area contributed by atoms with Gasteiger partial charge in [0.1, 0.15) is 11.5 Å². The highest BCUT2D eigenvalue weighted by Gasteiger charge is 2.49. The van der Waals surface area contributed by atoms with Crippen LogP contribution in [0.4, 0.5) is 21.5 Å². The topological polar surface area (TPSA) is 92.6 Å². The van der Waals surface area contributed by atoms with Crippen molar-refractivity contribution in [2.75, 3.05) is 16.8 Å². The number of nitro groups is 1. The SMILES string of the molecule is O=C1[C@H]2CCCC[C@@H]2C(=O)N1c1ccc(NCCc2cccc(F)c2)c([N+](=O)[O-])c1. The number of fused-ring (bicyclic) bond motifs is 1. The van der Waals surface area contributed by atoms with E-state index in [4.69, 9.17) is 0 Å². The molecule has 1 N–H and O–H groups in total. The minimum Gasteiger partial charge on any atom is -0.379 e. The number of halogens is 1. The van der Waals surface area contributed by atoms with Gasteiger partial charge in [0.25, 0.3) is 5.69 Å². The van der Waals surface area contributed by atoms with Gasteiger partial charge in [0.05, 0.1) is 22.4 Å². The van der Waals surface area contributed by atoms with Crippen LogP contribution in [0.2, 0.25) is 0 Å². The number of hydrogen-bond acceptors (Lipinski definition) is 5. The molecule has 0 bridgehead atoms. The number of benzene rings is 2. The molecule has 2 aromatic rings. The Morgan fingerprint density at radius 1 is 1.07 bits per heavy atom. The number of nitro benzene ring substituents is 1. The predicted molar refractivity (Wildman–Crippen MR) is 110 cm³/mol. The Hall–Kier alpha value is -3.29. The van der Waals surface area contributed by atoms with Gasteiger partial charge in [0, 0.05) is 12.6 Å². The van der Waals surface area contributed by atoms with Crippen molar-refractivity contribution in [1.82, 2.24) is 0 Å². The van der Waals surface area contributed by atoms with E-state index in [-0.39, 0.29) is 46.5 Å². The molecule has 1 aliphatic carbocycles. The molecule has 2 amide bonds. The van der Waals surface area contributed by atoms with Crippen LogP contribution in [0, 0.1) is 27.8 Å². The third-order valence-electron chi connectivity index (χ3n) is 5.90. The van der Waals surface area contributed by atoms with Crippen LogP contribution in [-0.4, -0.2) is 23.3 Å². The summed E-state index contributed by atoms with van der Waals surface area (Å²) in [6.45, 7) is 0.370. The van der Waals surface area contributed by atoms with Crippen LogP contribution >= 0.6 is 0 Å². The van der Waals surface area contributed by atoms with Crippen molar-refractivity contribution >= 4 is 28.9 Å². The van der Waals surface area contributed by atoms with Crippen molar-refractivity contribution in [2.24, 2.45) is 11.8 Å². The standard InChI is InChI=1S/C22H22FN3O4/c23-15-5-3-4-14(12-15)10-11-24-19-9-8-16(13-20(19)26(29)30)25-21(27)17-6-1-2-7-18(17)22(25)28/h3-5,8-9,12-13,17-18,24H,1-2,6-7,10-11H2/t17-,18-/m0/s1.